The number of nitrogens with zero attached hydrogens (tertiary/aromatic N) is 1. The first kappa shape index (κ1) is 15.7. The van der Waals surface area contributed by atoms with Crippen LogP contribution in [0.5, 0.6) is 0 Å². The number of alkyl halides is 3. The van der Waals surface area contributed by atoms with Crippen molar-refractivity contribution in [1.29, 1.82) is 0 Å². The molecule has 0 spiro atoms. The van der Waals surface area contributed by atoms with Gasteiger partial charge >= 0.3 is 6.18 Å². The fraction of sp³-hybridized carbons (Fsp3) is 0.300. The van der Waals surface area contributed by atoms with Gasteiger partial charge in [0.1, 0.15) is 0 Å². The van der Waals surface area contributed by atoms with Crippen LogP contribution in [0.1, 0.15) is 16.8 Å². The third-order valence-electron chi connectivity index (χ3n) is 2.10. The van der Waals surface area contributed by atoms with Gasteiger partial charge in [-0.2, -0.15) is 13.2 Å². The van der Waals surface area contributed by atoms with Gasteiger partial charge in [-0.05, 0) is 28.7 Å². The number of carbonyl (C=O) groups excluding carboxylic acids is 1. The SMILES string of the molecule is O=C(NCCC(F)(F)F)c1cc([N+](=O)[O-])ccc1I. The Kier molecular flexibility index (Phi) is 5.09. The van der Waals surface area contributed by atoms with Crippen molar-refractivity contribution in [3.63, 3.8) is 0 Å². The number of hydrogen-bond donors (Lipinski definition) is 1. The van der Waals surface area contributed by atoms with E-state index >= 15 is 0 Å². The summed E-state index contributed by atoms with van der Waals surface area (Å²) in [4.78, 5) is 21.5. The lowest BCUT2D eigenvalue weighted by molar-refractivity contribution is -0.384. The van der Waals surface area contributed by atoms with Crippen LogP contribution in [-0.4, -0.2) is 23.6 Å². The highest BCUT2D eigenvalue weighted by Gasteiger charge is 2.27. The summed E-state index contributed by atoms with van der Waals surface area (Å²) in [5.74, 6) is -0.766. The molecule has 1 aromatic carbocycles. The number of amides is 1. The fourth-order valence-electron chi connectivity index (χ4n) is 1.21. The van der Waals surface area contributed by atoms with Crippen LogP contribution in [0.15, 0.2) is 18.2 Å². The lowest BCUT2D eigenvalue weighted by Crippen LogP contribution is -2.28. The Morgan fingerprint density at radius 1 is 1.42 bits per heavy atom. The van der Waals surface area contributed by atoms with Gasteiger partial charge in [0.15, 0.2) is 0 Å². The molecule has 1 N–H and O–H groups in total. The van der Waals surface area contributed by atoms with Gasteiger partial charge in [-0.1, -0.05) is 0 Å². The summed E-state index contributed by atoms with van der Waals surface area (Å²) in [6.45, 7) is -0.568. The number of nitro benzene ring substituents is 1. The molecule has 5 nitrogen and oxygen atoms in total. The average molecular weight is 388 g/mol. The minimum Gasteiger partial charge on any atom is -0.352 e. The second-order valence-electron chi connectivity index (χ2n) is 3.54. The second kappa shape index (κ2) is 6.17. The number of nitrogens with one attached hydrogen (secondary N) is 1. The Bertz CT molecular complexity index is 505. The van der Waals surface area contributed by atoms with Crippen molar-refractivity contribution in [3.05, 3.63) is 37.4 Å². The maximum Gasteiger partial charge on any atom is 0.390 e. The van der Waals surface area contributed by atoms with Crippen LogP contribution in [0.3, 0.4) is 0 Å². The van der Waals surface area contributed by atoms with E-state index < -0.39 is 30.0 Å². The standard InChI is InChI=1S/C10H8F3IN2O3/c11-10(12,13)3-4-15-9(17)7-5-6(16(18)19)1-2-8(7)14/h1-2,5H,3-4H2,(H,15,17). The molecule has 0 saturated carbocycles. The molecular formula is C10H8F3IN2O3. The molecule has 0 fully saturated rings. The van der Waals surface area contributed by atoms with Crippen molar-refractivity contribution in [1.82, 2.24) is 5.32 Å². The number of hydrogen-bond acceptors (Lipinski definition) is 3. The van der Waals surface area contributed by atoms with Gasteiger partial charge in [0.2, 0.25) is 0 Å². The molecule has 0 atom stereocenters. The fourth-order valence-corrected chi connectivity index (χ4v) is 1.79. The molecule has 0 radical (unpaired) electrons. The minimum atomic E-state index is -4.36. The molecule has 1 rings (SSSR count). The van der Waals surface area contributed by atoms with Gasteiger partial charge < -0.3 is 5.32 Å². The zero-order valence-corrected chi connectivity index (χ0v) is 11.5. The summed E-state index contributed by atoms with van der Waals surface area (Å²) in [7, 11) is 0. The van der Waals surface area contributed by atoms with Crippen molar-refractivity contribution >= 4 is 34.2 Å². The van der Waals surface area contributed by atoms with Crippen LogP contribution in [0, 0.1) is 13.7 Å². The Morgan fingerprint density at radius 2 is 2.05 bits per heavy atom. The third-order valence-corrected chi connectivity index (χ3v) is 3.04. The van der Waals surface area contributed by atoms with Crippen LogP contribution in [0.4, 0.5) is 18.9 Å². The number of nitro groups is 1. The number of benzene rings is 1. The summed E-state index contributed by atoms with van der Waals surface area (Å²) < 4.78 is 36.2. The summed E-state index contributed by atoms with van der Waals surface area (Å²) in [6, 6.07) is 3.61. The van der Waals surface area contributed by atoms with Gasteiger partial charge in [-0.15, -0.1) is 0 Å². The van der Waals surface area contributed by atoms with Crippen molar-refractivity contribution in [2.75, 3.05) is 6.54 Å². The van der Waals surface area contributed by atoms with Crippen molar-refractivity contribution in [2.24, 2.45) is 0 Å². The molecule has 1 amide bonds. The van der Waals surface area contributed by atoms with Crippen LogP contribution in [0.25, 0.3) is 0 Å². The van der Waals surface area contributed by atoms with E-state index in [4.69, 9.17) is 0 Å². The Hall–Kier alpha value is -1.39. The molecule has 9 heteroatoms. The molecule has 0 heterocycles. The van der Waals surface area contributed by atoms with E-state index in [0.717, 1.165) is 6.07 Å². The molecule has 0 aromatic heterocycles. The monoisotopic (exact) mass is 388 g/mol. The summed E-state index contributed by atoms with van der Waals surface area (Å²) >= 11 is 1.78. The number of rotatable bonds is 4. The zero-order valence-electron chi connectivity index (χ0n) is 9.33. The molecule has 19 heavy (non-hydrogen) atoms. The normalized spacial score (nSPS) is 11.2. The highest BCUT2D eigenvalue weighted by Crippen LogP contribution is 2.20. The van der Waals surface area contributed by atoms with E-state index in [9.17, 15) is 28.1 Å². The topological polar surface area (TPSA) is 72.2 Å². The van der Waals surface area contributed by atoms with Gasteiger partial charge in [-0.25, -0.2) is 0 Å². The molecular weight excluding hydrogens is 380 g/mol. The number of carbonyl (C=O) groups is 1. The lowest BCUT2D eigenvalue weighted by Gasteiger charge is -2.08. The second-order valence-corrected chi connectivity index (χ2v) is 4.70. The first-order chi connectivity index (χ1) is 8.70. The molecule has 0 aliphatic heterocycles. The minimum absolute atomic E-state index is 0.0167. The number of non-ortho nitro benzene ring substituents is 1. The third kappa shape index (κ3) is 5.01. The van der Waals surface area contributed by atoms with Crippen molar-refractivity contribution in [3.8, 4) is 0 Å². The van der Waals surface area contributed by atoms with Crippen LogP contribution >= 0.6 is 22.6 Å². The van der Waals surface area contributed by atoms with E-state index in [2.05, 4.69) is 5.32 Å². The molecule has 0 aliphatic rings. The van der Waals surface area contributed by atoms with E-state index in [1.165, 1.54) is 12.1 Å². The van der Waals surface area contributed by atoms with Crippen molar-refractivity contribution in [2.45, 2.75) is 12.6 Å². The summed E-state index contributed by atoms with van der Waals surface area (Å²) in [5.41, 5.74) is -0.307. The molecule has 0 unspecified atom stereocenters. The van der Waals surface area contributed by atoms with Crippen LogP contribution in [-0.2, 0) is 0 Å². The quantitative estimate of drug-likeness (QED) is 0.490. The summed E-state index contributed by atoms with van der Waals surface area (Å²) in [5, 5.41) is 12.6. The predicted molar refractivity (Wildman–Crippen MR) is 68.8 cm³/mol. The molecule has 0 bridgehead atoms. The van der Waals surface area contributed by atoms with E-state index in [-0.39, 0.29) is 11.3 Å². The van der Waals surface area contributed by atoms with Gasteiger partial charge in [0, 0.05) is 22.2 Å². The maximum absolute atomic E-state index is 11.9. The molecule has 1 aromatic rings. The first-order valence-electron chi connectivity index (χ1n) is 4.99. The molecule has 0 saturated heterocycles. The van der Waals surface area contributed by atoms with Gasteiger partial charge in [-0.3, -0.25) is 14.9 Å². The Morgan fingerprint density at radius 3 is 2.58 bits per heavy atom. The van der Waals surface area contributed by atoms with Crippen LogP contribution in [0.2, 0.25) is 0 Å². The highest BCUT2D eigenvalue weighted by atomic mass is 127. The smallest absolute Gasteiger partial charge is 0.352 e. The number of halogens is 4. The van der Waals surface area contributed by atoms with Crippen molar-refractivity contribution < 1.29 is 22.9 Å². The van der Waals surface area contributed by atoms with Gasteiger partial charge in [0.25, 0.3) is 11.6 Å². The average Bonchev–Trinajstić information content (AvgIpc) is 2.27. The van der Waals surface area contributed by atoms with E-state index in [1.807, 2.05) is 0 Å². The molecule has 0 aliphatic carbocycles. The first-order valence-corrected chi connectivity index (χ1v) is 6.07. The van der Waals surface area contributed by atoms with Crippen LogP contribution < -0.4 is 5.32 Å². The summed E-state index contributed by atoms with van der Waals surface area (Å²) in [6.07, 6.45) is -5.51. The predicted octanol–water partition coefficient (Wildman–Crippen LogP) is 2.88. The van der Waals surface area contributed by atoms with E-state index in [1.54, 1.807) is 22.6 Å². The molecule has 104 valence electrons. The lowest BCUT2D eigenvalue weighted by atomic mass is 10.2. The van der Waals surface area contributed by atoms with E-state index in [0.29, 0.717) is 3.57 Å². The highest BCUT2D eigenvalue weighted by molar-refractivity contribution is 14.1. The largest absolute Gasteiger partial charge is 0.390 e. The Labute approximate surface area is 119 Å². The Balaban J connectivity index is 2.76. The van der Waals surface area contributed by atoms with Gasteiger partial charge in [0.05, 0.1) is 16.9 Å². The zero-order chi connectivity index (χ0) is 14.6. The maximum atomic E-state index is 11.9.